The summed E-state index contributed by atoms with van der Waals surface area (Å²) in [6, 6.07) is 1.01. The van der Waals surface area contributed by atoms with Crippen molar-refractivity contribution in [1.29, 1.82) is 0 Å². The Labute approximate surface area is 61.0 Å². The molecule has 0 aliphatic carbocycles. The molecule has 0 aliphatic heterocycles. The second-order valence-electron chi connectivity index (χ2n) is 1.80. The monoisotopic (exact) mass is 154 g/mol. The largest absolute Gasteiger partial charge is 0.477 e. The number of rotatable bonds is 2. The first-order valence-electron chi connectivity index (χ1n) is 2.66. The maximum atomic E-state index is 10.3. The predicted molar refractivity (Wildman–Crippen MR) is 33.0 cm³/mol. The molecule has 6 nitrogen and oxygen atoms in total. The van der Waals surface area contributed by atoms with E-state index in [1.54, 1.807) is 0 Å². The lowest BCUT2D eigenvalue weighted by Crippen LogP contribution is -1.98. The van der Waals surface area contributed by atoms with E-state index in [1.807, 2.05) is 0 Å². The third kappa shape index (κ3) is 1.34. The van der Waals surface area contributed by atoms with Gasteiger partial charge in [0.15, 0.2) is 5.69 Å². The van der Waals surface area contributed by atoms with E-state index in [4.69, 9.17) is 10.8 Å². The van der Waals surface area contributed by atoms with Crippen LogP contribution in [0.15, 0.2) is 6.07 Å². The van der Waals surface area contributed by atoms with Crippen LogP contribution in [0.2, 0.25) is 0 Å². The molecule has 0 unspecified atom stereocenters. The number of nitrogens with zero attached hydrogens (tertiary/aromatic N) is 1. The van der Waals surface area contributed by atoms with Crippen molar-refractivity contribution >= 4 is 11.9 Å². The molecule has 0 atom stereocenters. The van der Waals surface area contributed by atoms with Crippen molar-refractivity contribution in [1.82, 2.24) is 15.9 Å². The number of amides is 1. The first-order valence-corrected chi connectivity index (χ1v) is 2.66. The average Bonchev–Trinajstić information content (AvgIpc) is 2.33. The van der Waals surface area contributed by atoms with E-state index in [0.29, 0.717) is 0 Å². The number of hydrogen-bond donors (Lipinski definition) is 2. The van der Waals surface area contributed by atoms with Crippen molar-refractivity contribution in [3.63, 3.8) is 0 Å². The standard InChI is InChI=1S/C5H4N3O3/c6-4(9)2-1-3(5(10)11)8-7-2/h1,6H,(H,7,8)(H,10,11). The summed E-state index contributed by atoms with van der Waals surface area (Å²) in [6.45, 7) is 0. The Hall–Kier alpha value is -1.85. The van der Waals surface area contributed by atoms with E-state index in [2.05, 4.69) is 10.2 Å². The summed E-state index contributed by atoms with van der Waals surface area (Å²) in [5.74, 6) is -2.21. The van der Waals surface area contributed by atoms with Gasteiger partial charge in [-0.25, -0.2) is 4.79 Å². The van der Waals surface area contributed by atoms with Crippen LogP contribution in [0.5, 0.6) is 0 Å². The van der Waals surface area contributed by atoms with E-state index >= 15 is 0 Å². The molecule has 0 fully saturated rings. The van der Waals surface area contributed by atoms with Crippen LogP contribution < -0.4 is 5.73 Å². The highest BCUT2D eigenvalue weighted by Crippen LogP contribution is 1.97. The highest BCUT2D eigenvalue weighted by atomic mass is 16.4. The minimum Gasteiger partial charge on any atom is -0.477 e. The molecule has 1 radical (unpaired) electrons. The second-order valence-corrected chi connectivity index (χ2v) is 1.80. The SMILES string of the molecule is [NH]C(=O)c1cc(C(=O)O)[nH]n1. The van der Waals surface area contributed by atoms with Crippen LogP contribution >= 0.6 is 0 Å². The molecular formula is C5H4N3O3. The van der Waals surface area contributed by atoms with Gasteiger partial charge in [0.1, 0.15) is 5.69 Å². The fourth-order valence-corrected chi connectivity index (χ4v) is 0.548. The molecular weight excluding hydrogens is 150 g/mol. The summed E-state index contributed by atoms with van der Waals surface area (Å²) in [4.78, 5) is 20.5. The number of hydrogen-bond acceptors (Lipinski definition) is 3. The number of aromatic amines is 1. The van der Waals surface area contributed by atoms with Crippen LogP contribution in [0.3, 0.4) is 0 Å². The molecule has 1 aromatic heterocycles. The van der Waals surface area contributed by atoms with Crippen molar-refractivity contribution in [2.75, 3.05) is 0 Å². The Morgan fingerprint density at radius 3 is 2.55 bits per heavy atom. The van der Waals surface area contributed by atoms with Crippen molar-refractivity contribution in [2.24, 2.45) is 0 Å². The van der Waals surface area contributed by atoms with E-state index in [-0.39, 0.29) is 11.4 Å². The van der Waals surface area contributed by atoms with Crippen molar-refractivity contribution in [3.8, 4) is 0 Å². The van der Waals surface area contributed by atoms with E-state index in [0.717, 1.165) is 6.07 Å². The number of carbonyl (C=O) groups is 2. The number of carboxylic acid groups (broad SMARTS) is 1. The van der Waals surface area contributed by atoms with Gasteiger partial charge in [-0.3, -0.25) is 15.6 Å². The Balaban J connectivity index is 2.99. The lowest BCUT2D eigenvalue weighted by molar-refractivity contribution is 0.0690. The fraction of sp³-hybridized carbons (Fsp3) is 0. The lowest BCUT2D eigenvalue weighted by atomic mass is 10.3. The highest BCUT2D eigenvalue weighted by molar-refractivity contribution is 5.93. The predicted octanol–water partition coefficient (Wildman–Crippen LogP) is -0.469. The van der Waals surface area contributed by atoms with Crippen molar-refractivity contribution in [3.05, 3.63) is 17.5 Å². The third-order valence-corrected chi connectivity index (χ3v) is 1.04. The van der Waals surface area contributed by atoms with Crippen LogP contribution in [0.1, 0.15) is 21.0 Å². The van der Waals surface area contributed by atoms with Crippen LogP contribution in [0, 0.1) is 0 Å². The Morgan fingerprint density at radius 2 is 2.27 bits per heavy atom. The van der Waals surface area contributed by atoms with Gasteiger partial charge in [0, 0.05) is 6.07 Å². The lowest BCUT2D eigenvalue weighted by Gasteiger charge is -1.80. The van der Waals surface area contributed by atoms with Crippen LogP contribution in [0.25, 0.3) is 0 Å². The first kappa shape index (κ1) is 7.26. The second kappa shape index (κ2) is 2.41. The number of carbonyl (C=O) groups excluding carboxylic acids is 1. The summed E-state index contributed by atoms with van der Waals surface area (Å²) in [5.41, 5.74) is 6.17. The van der Waals surface area contributed by atoms with Gasteiger partial charge in [0.05, 0.1) is 0 Å². The Bertz CT molecular complexity index is 275. The molecule has 11 heavy (non-hydrogen) atoms. The van der Waals surface area contributed by atoms with Gasteiger partial charge in [-0.2, -0.15) is 5.10 Å². The molecule has 0 aliphatic rings. The van der Waals surface area contributed by atoms with Gasteiger partial charge in [-0.1, -0.05) is 0 Å². The van der Waals surface area contributed by atoms with E-state index < -0.39 is 11.9 Å². The summed E-state index contributed by atoms with van der Waals surface area (Å²) >= 11 is 0. The number of nitrogens with one attached hydrogen (secondary N) is 2. The van der Waals surface area contributed by atoms with E-state index in [1.165, 1.54) is 0 Å². The van der Waals surface area contributed by atoms with Gasteiger partial charge in [-0.15, -0.1) is 0 Å². The molecule has 1 rings (SSSR count). The molecule has 0 aromatic carbocycles. The Kier molecular flexibility index (Phi) is 1.59. The number of aromatic nitrogens is 2. The quantitative estimate of drug-likeness (QED) is 0.600. The summed E-state index contributed by atoms with van der Waals surface area (Å²) < 4.78 is 0. The molecule has 1 amide bonds. The molecule has 1 aromatic rings. The maximum Gasteiger partial charge on any atom is 0.353 e. The van der Waals surface area contributed by atoms with Crippen LogP contribution in [0.4, 0.5) is 0 Å². The fourth-order valence-electron chi connectivity index (χ4n) is 0.548. The summed E-state index contributed by atoms with van der Waals surface area (Å²) in [6.07, 6.45) is 0. The molecule has 6 heteroatoms. The zero-order valence-corrected chi connectivity index (χ0v) is 5.29. The maximum absolute atomic E-state index is 10.3. The number of H-pyrrole nitrogens is 1. The molecule has 0 bridgehead atoms. The molecule has 1 heterocycles. The molecule has 57 valence electrons. The number of carboxylic acids is 1. The van der Waals surface area contributed by atoms with Crippen LogP contribution in [-0.2, 0) is 0 Å². The number of aromatic carboxylic acids is 1. The minimum absolute atomic E-state index is 0.192. The topological polar surface area (TPSA) is 107 Å². The third-order valence-electron chi connectivity index (χ3n) is 1.04. The molecule has 0 saturated heterocycles. The van der Waals surface area contributed by atoms with Gasteiger partial charge < -0.3 is 5.11 Å². The molecule has 3 N–H and O–H groups in total. The van der Waals surface area contributed by atoms with Gasteiger partial charge in [0.25, 0.3) is 5.91 Å². The minimum atomic E-state index is -1.20. The van der Waals surface area contributed by atoms with Crippen molar-refractivity contribution < 1.29 is 14.7 Å². The zero-order valence-electron chi connectivity index (χ0n) is 5.29. The smallest absolute Gasteiger partial charge is 0.353 e. The normalized spacial score (nSPS) is 9.45. The highest BCUT2D eigenvalue weighted by Gasteiger charge is 2.10. The van der Waals surface area contributed by atoms with Gasteiger partial charge >= 0.3 is 5.97 Å². The zero-order chi connectivity index (χ0) is 8.43. The first-order chi connectivity index (χ1) is 5.11. The van der Waals surface area contributed by atoms with Gasteiger partial charge in [0.2, 0.25) is 0 Å². The van der Waals surface area contributed by atoms with Gasteiger partial charge in [-0.05, 0) is 0 Å². The Morgan fingerprint density at radius 1 is 1.64 bits per heavy atom. The molecule has 0 spiro atoms. The van der Waals surface area contributed by atoms with Crippen molar-refractivity contribution in [2.45, 2.75) is 0 Å². The molecule has 0 saturated carbocycles. The average molecular weight is 154 g/mol. The van der Waals surface area contributed by atoms with E-state index in [9.17, 15) is 9.59 Å². The van der Waals surface area contributed by atoms with Crippen LogP contribution in [-0.4, -0.2) is 27.2 Å². The summed E-state index contributed by atoms with van der Waals surface area (Å²) in [5, 5.41) is 13.7. The summed E-state index contributed by atoms with van der Waals surface area (Å²) in [7, 11) is 0.